The Morgan fingerprint density at radius 2 is 2.38 bits per heavy atom. The summed E-state index contributed by atoms with van der Waals surface area (Å²) in [5.74, 6) is 0. The van der Waals surface area contributed by atoms with E-state index in [4.69, 9.17) is 0 Å². The van der Waals surface area contributed by atoms with Gasteiger partial charge in [0.15, 0.2) is 0 Å². The first-order chi connectivity index (χ1) is 3.85. The van der Waals surface area contributed by atoms with Crippen LogP contribution in [-0.4, -0.2) is 7.05 Å². The van der Waals surface area contributed by atoms with E-state index < -0.39 is 0 Å². The summed E-state index contributed by atoms with van der Waals surface area (Å²) in [5.41, 5.74) is 1.10. The van der Waals surface area contributed by atoms with Crippen LogP contribution in [-0.2, 0) is 0 Å². The molecule has 0 aliphatic rings. The Kier molecular flexibility index (Phi) is 4.04. The molecule has 0 radical (unpaired) electrons. The van der Waals surface area contributed by atoms with Gasteiger partial charge in [0.2, 0.25) is 0 Å². The van der Waals surface area contributed by atoms with Crippen LogP contribution in [0, 0.1) is 0 Å². The van der Waals surface area contributed by atoms with E-state index in [0.717, 1.165) is 12.1 Å². The number of hydrogen-bond acceptors (Lipinski definition) is 1. The Labute approximate surface area is 51.1 Å². The van der Waals surface area contributed by atoms with Crippen LogP contribution in [0.4, 0.5) is 0 Å². The van der Waals surface area contributed by atoms with Crippen molar-refractivity contribution < 1.29 is 0 Å². The first-order valence-electron chi connectivity index (χ1n) is 2.85. The van der Waals surface area contributed by atoms with Gasteiger partial charge in [-0.05, 0) is 12.5 Å². The highest BCUT2D eigenvalue weighted by Crippen LogP contribution is 1.89. The fourth-order valence-corrected chi connectivity index (χ4v) is 0.507. The van der Waals surface area contributed by atoms with Gasteiger partial charge in [-0.25, -0.2) is 0 Å². The summed E-state index contributed by atoms with van der Waals surface area (Å²) in [5, 5.41) is 3.00. The number of hydrogen-bond donors (Lipinski definition) is 1. The van der Waals surface area contributed by atoms with Crippen molar-refractivity contribution in [3.63, 3.8) is 0 Å². The molecule has 0 aromatic rings. The normalized spacial score (nSPS) is 11.0. The Morgan fingerprint density at radius 3 is 2.50 bits per heavy atom. The second kappa shape index (κ2) is 4.44. The second-order valence-corrected chi connectivity index (χ2v) is 1.52. The Morgan fingerprint density at radius 1 is 1.75 bits per heavy atom. The maximum Gasteiger partial charge on any atom is 0.0290 e. The van der Waals surface area contributed by atoms with Crippen LogP contribution >= 0.6 is 0 Å². The van der Waals surface area contributed by atoms with Crippen molar-refractivity contribution in [3.8, 4) is 0 Å². The molecule has 0 saturated heterocycles. The van der Waals surface area contributed by atoms with E-state index in [9.17, 15) is 0 Å². The summed E-state index contributed by atoms with van der Waals surface area (Å²) in [4.78, 5) is 0. The molecule has 1 N–H and O–H groups in total. The molecule has 0 spiro atoms. The fraction of sp³-hybridized carbons (Fsp3) is 0.429. The van der Waals surface area contributed by atoms with Crippen molar-refractivity contribution in [1.29, 1.82) is 0 Å². The van der Waals surface area contributed by atoms with Crippen LogP contribution in [0.5, 0.6) is 0 Å². The Hall–Kier alpha value is -0.720. The lowest BCUT2D eigenvalue weighted by atomic mass is 10.3. The quantitative estimate of drug-likeness (QED) is 0.546. The fourth-order valence-electron chi connectivity index (χ4n) is 0.507. The van der Waals surface area contributed by atoms with Crippen LogP contribution in [0.3, 0.4) is 0 Å². The van der Waals surface area contributed by atoms with Gasteiger partial charge in [-0.1, -0.05) is 19.6 Å². The van der Waals surface area contributed by atoms with Crippen molar-refractivity contribution in [1.82, 2.24) is 5.32 Å². The third kappa shape index (κ3) is 2.45. The smallest absolute Gasteiger partial charge is 0.0290 e. The molecule has 0 atom stereocenters. The van der Waals surface area contributed by atoms with Gasteiger partial charge in [-0.2, -0.15) is 0 Å². The molecular formula is C7H13N. The number of likely N-dealkylation sites (N-methyl/N-ethyl adjacent to an activating group) is 1. The molecule has 0 aliphatic heterocycles. The third-order valence-corrected chi connectivity index (χ3v) is 0.933. The average molecular weight is 111 g/mol. The zero-order valence-electron chi connectivity index (χ0n) is 5.57. The SMILES string of the molecule is C=C/C(=C\CC)NC. The number of rotatable bonds is 3. The van der Waals surface area contributed by atoms with Crippen molar-refractivity contribution in [3.05, 3.63) is 24.4 Å². The molecule has 0 rings (SSSR count). The largest absolute Gasteiger partial charge is 0.388 e. The molecular weight excluding hydrogens is 98.1 g/mol. The molecule has 0 bridgehead atoms. The second-order valence-electron chi connectivity index (χ2n) is 1.52. The lowest BCUT2D eigenvalue weighted by molar-refractivity contribution is 1.01. The highest BCUT2D eigenvalue weighted by molar-refractivity contribution is 5.12. The van der Waals surface area contributed by atoms with Gasteiger partial charge in [0, 0.05) is 12.7 Å². The molecule has 0 aromatic carbocycles. The Bertz CT molecular complexity index is 92.6. The predicted octanol–water partition coefficient (Wildman–Crippen LogP) is 1.69. The average Bonchev–Trinajstić information content (AvgIpc) is 1.83. The summed E-state index contributed by atoms with van der Waals surface area (Å²) >= 11 is 0. The molecule has 0 aliphatic carbocycles. The van der Waals surface area contributed by atoms with Gasteiger partial charge >= 0.3 is 0 Å². The van der Waals surface area contributed by atoms with Crippen LogP contribution < -0.4 is 5.32 Å². The van der Waals surface area contributed by atoms with Gasteiger partial charge in [-0.3, -0.25) is 0 Å². The summed E-state index contributed by atoms with van der Waals surface area (Å²) in [6.07, 6.45) is 4.96. The lowest BCUT2D eigenvalue weighted by Crippen LogP contribution is -2.01. The zero-order valence-corrected chi connectivity index (χ0v) is 5.57. The molecule has 0 aromatic heterocycles. The van der Waals surface area contributed by atoms with E-state index in [0.29, 0.717) is 0 Å². The van der Waals surface area contributed by atoms with Crippen molar-refractivity contribution in [2.24, 2.45) is 0 Å². The van der Waals surface area contributed by atoms with Crippen LogP contribution in [0.15, 0.2) is 24.4 Å². The van der Waals surface area contributed by atoms with E-state index in [1.807, 2.05) is 13.1 Å². The molecule has 0 fully saturated rings. The maximum absolute atomic E-state index is 3.62. The summed E-state index contributed by atoms with van der Waals surface area (Å²) in [6.45, 7) is 5.72. The minimum absolute atomic E-state index is 1.06. The standard InChI is InChI=1S/C7H13N/c1-4-6-7(5-2)8-3/h5-6,8H,2,4H2,1,3H3/b7-6+. The monoisotopic (exact) mass is 111 g/mol. The zero-order chi connectivity index (χ0) is 6.41. The van der Waals surface area contributed by atoms with Crippen LogP contribution in [0.1, 0.15) is 13.3 Å². The number of nitrogens with one attached hydrogen (secondary N) is 1. The summed E-state index contributed by atoms with van der Waals surface area (Å²) < 4.78 is 0. The topological polar surface area (TPSA) is 12.0 Å². The van der Waals surface area contributed by atoms with Crippen molar-refractivity contribution in [2.75, 3.05) is 7.05 Å². The molecule has 0 heterocycles. The van der Waals surface area contributed by atoms with E-state index in [2.05, 4.69) is 24.9 Å². The summed E-state index contributed by atoms with van der Waals surface area (Å²) in [7, 11) is 1.89. The van der Waals surface area contributed by atoms with E-state index in [1.165, 1.54) is 0 Å². The molecule has 46 valence electrons. The maximum atomic E-state index is 3.62. The first kappa shape index (κ1) is 7.28. The highest BCUT2D eigenvalue weighted by Gasteiger charge is 1.78. The van der Waals surface area contributed by atoms with Gasteiger partial charge in [0.1, 0.15) is 0 Å². The predicted molar refractivity (Wildman–Crippen MR) is 37.6 cm³/mol. The van der Waals surface area contributed by atoms with Gasteiger partial charge < -0.3 is 5.32 Å². The van der Waals surface area contributed by atoms with Crippen LogP contribution in [0.2, 0.25) is 0 Å². The van der Waals surface area contributed by atoms with E-state index in [-0.39, 0.29) is 0 Å². The van der Waals surface area contributed by atoms with Crippen LogP contribution in [0.25, 0.3) is 0 Å². The Balaban J connectivity index is 3.66. The van der Waals surface area contributed by atoms with E-state index in [1.54, 1.807) is 0 Å². The van der Waals surface area contributed by atoms with Gasteiger partial charge in [0.05, 0.1) is 0 Å². The molecule has 0 saturated carbocycles. The first-order valence-corrected chi connectivity index (χ1v) is 2.85. The molecule has 1 nitrogen and oxygen atoms in total. The molecule has 0 amide bonds. The molecule has 0 unspecified atom stereocenters. The van der Waals surface area contributed by atoms with Gasteiger partial charge in [-0.15, -0.1) is 0 Å². The van der Waals surface area contributed by atoms with E-state index >= 15 is 0 Å². The van der Waals surface area contributed by atoms with Crippen molar-refractivity contribution >= 4 is 0 Å². The molecule has 8 heavy (non-hydrogen) atoms. The third-order valence-electron chi connectivity index (χ3n) is 0.933. The summed E-state index contributed by atoms with van der Waals surface area (Å²) in [6, 6.07) is 0. The minimum Gasteiger partial charge on any atom is -0.388 e. The molecule has 1 heteroatoms. The van der Waals surface area contributed by atoms with Crippen molar-refractivity contribution in [2.45, 2.75) is 13.3 Å². The lowest BCUT2D eigenvalue weighted by Gasteiger charge is -1.95. The minimum atomic E-state index is 1.06. The number of allylic oxidation sites excluding steroid dienone is 2. The highest BCUT2D eigenvalue weighted by atomic mass is 14.8. The van der Waals surface area contributed by atoms with Gasteiger partial charge in [0.25, 0.3) is 0 Å².